The average molecular weight is 355 g/mol. The molecule has 21 heavy (non-hydrogen) atoms. The maximum absolute atomic E-state index is 10.4. The zero-order valence-electron chi connectivity index (χ0n) is 12.3. The molecule has 2 aromatic rings. The van der Waals surface area contributed by atoms with Crippen molar-refractivity contribution in [3.63, 3.8) is 0 Å². The summed E-state index contributed by atoms with van der Waals surface area (Å²) in [6.45, 7) is 0. The molecule has 0 radical (unpaired) electrons. The Balaban J connectivity index is 2.12. The molecule has 2 rings (SSSR count). The number of aliphatic hydroxyl groups is 1. The maximum atomic E-state index is 10.4. The van der Waals surface area contributed by atoms with Crippen LogP contribution in [-0.4, -0.2) is 29.1 Å². The second kappa shape index (κ2) is 6.95. The van der Waals surface area contributed by atoms with Gasteiger partial charge in [0.15, 0.2) is 11.5 Å². The summed E-state index contributed by atoms with van der Waals surface area (Å²) in [7, 11) is 5.05. The highest BCUT2D eigenvalue weighted by atomic mass is 79.9. The monoisotopic (exact) mass is 354 g/mol. The molecule has 0 aliphatic carbocycles. The zero-order valence-corrected chi connectivity index (χ0v) is 13.9. The number of hydrogen-bond acceptors (Lipinski definition) is 4. The lowest BCUT2D eigenvalue weighted by Crippen LogP contribution is -2.02. The Bertz CT molecular complexity index is 613. The number of nitrogens with zero attached hydrogens (tertiary/aromatic N) is 2. The van der Waals surface area contributed by atoms with E-state index in [1.165, 1.54) is 0 Å². The van der Waals surface area contributed by atoms with Crippen molar-refractivity contribution in [3.05, 3.63) is 40.1 Å². The molecule has 0 aliphatic heterocycles. The van der Waals surface area contributed by atoms with Gasteiger partial charge in [-0.05, 0) is 36.1 Å². The molecule has 0 bridgehead atoms. The molecular weight excluding hydrogens is 336 g/mol. The van der Waals surface area contributed by atoms with Crippen LogP contribution >= 0.6 is 15.9 Å². The first-order valence-corrected chi connectivity index (χ1v) is 7.41. The van der Waals surface area contributed by atoms with E-state index >= 15 is 0 Å². The van der Waals surface area contributed by atoms with Crippen LogP contribution < -0.4 is 9.47 Å². The molecule has 0 spiro atoms. The number of hydrogen-bond donors (Lipinski definition) is 1. The van der Waals surface area contributed by atoms with Gasteiger partial charge in [0.25, 0.3) is 0 Å². The van der Waals surface area contributed by atoms with Crippen molar-refractivity contribution < 1.29 is 14.6 Å². The molecule has 1 N–H and O–H groups in total. The second-order valence-corrected chi connectivity index (χ2v) is 5.66. The minimum absolute atomic E-state index is 0.584. The van der Waals surface area contributed by atoms with Gasteiger partial charge in [0.2, 0.25) is 0 Å². The smallest absolute Gasteiger partial charge is 0.161 e. The number of aryl methyl sites for hydroxylation is 2. The van der Waals surface area contributed by atoms with Gasteiger partial charge < -0.3 is 14.6 Å². The van der Waals surface area contributed by atoms with E-state index in [0.29, 0.717) is 17.9 Å². The summed E-state index contributed by atoms with van der Waals surface area (Å²) in [6, 6.07) is 3.61. The van der Waals surface area contributed by atoms with Crippen molar-refractivity contribution in [2.45, 2.75) is 18.9 Å². The topological polar surface area (TPSA) is 56.5 Å². The molecule has 1 aromatic heterocycles. The largest absolute Gasteiger partial charge is 0.493 e. The molecule has 1 aromatic carbocycles. The van der Waals surface area contributed by atoms with Crippen molar-refractivity contribution in [3.8, 4) is 11.5 Å². The number of aromatic nitrogens is 2. The van der Waals surface area contributed by atoms with E-state index < -0.39 is 6.10 Å². The summed E-state index contributed by atoms with van der Waals surface area (Å²) < 4.78 is 13.1. The van der Waals surface area contributed by atoms with Crippen LogP contribution in [0.4, 0.5) is 0 Å². The Kier molecular flexibility index (Phi) is 5.25. The van der Waals surface area contributed by atoms with E-state index in [2.05, 4.69) is 21.0 Å². The van der Waals surface area contributed by atoms with Gasteiger partial charge in [0.05, 0.1) is 26.5 Å². The number of methoxy groups -OCH3 is 2. The van der Waals surface area contributed by atoms with E-state index in [9.17, 15) is 5.11 Å². The highest BCUT2D eigenvalue weighted by Crippen LogP contribution is 2.37. The molecule has 1 unspecified atom stereocenters. The van der Waals surface area contributed by atoms with Crippen LogP contribution in [0.25, 0.3) is 0 Å². The van der Waals surface area contributed by atoms with Gasteiger partial charge in [-0.1, -0.05) is 15.9 Å². The lowest BCUT2D eigenvalue weighted by Gasteiger charge is -2.16. The first-order valence-electron chi connectivity index (χ1n) is 6.62. The van der Waals surface area contributed by atoms with Gasteiger partial charge in [-0.2, -0.15) is 5.10 Å². The van der Waals surface area contributed by atoms with Crippen LogP contribution in [0.5, 0.6) is 11.5 Å². The molecular formula is C15H19BrN2O3. The SMILES string of the molecule is COc1cc(Br)c(C(O)CCc2cnn(C)c2)cc1OC. The van der Waals surface area contributed by atoms with Gasteiger partial charge in [-0.15, -0.1) is 0 Å². The van der Waals surface area contributed by atoms with Gasteiger partial charge in [-0.25, -0.2) is 0 Å². The molecule has 0 aliphatic rings. The van der Waals surface area contributed by atoms with Crippen molar-refractivity contribution in [1.29, 1.82) is 0 Å². The quantitative estimate of drug-likeness (QED) is 0.866. The molecule has 0 saturated heterocycles. The fraction of sp³-hybridized carbons (Fsp3) is 0.400. The fourth-order valence-corrected chi connectivity index (χ4v) is 2.77. The number of rotatable bonds is 6. The second-order valence-electron chi connectivity index (χ2n) is 4.81. The predicted octanol–water partition coefficient (Wildman–Crippen LogP) is 2.87. The van der Waals surface area contributed by atoms with E-state index in [1.54, 1.807) is 25.0 Å². The third-order valence-corrected chi connectivity index (χ3v) is 4.01. The Morgan fingerprint density at radius 1 is 1.29 bits per heavy atom. The van der Waals surface area contributed by atoms with Gasteiger partial charge in [0.1, 0.15) is 0 Å². The first kappa shape index (κ1) is 15.9. The van der Waals surface area contributed by atoms with Crippen molar-refractivity contribution in [1.82, 2.24) is 9.78 Å². The van der Waals surface area contributed by atoms with E-state index in [1.807, 2.05) is 25.5 Å². The lowest BCUT2D eigenvalue weighted by molar-refractivity contribution is 0.166. The maximum Gasteiger partial charge on any atom is 0.161 e. The molecule has 0 saturated carbocycles. The van der Waals surface area contributed by atoms with E-state index in [-0.39, 0.29) is 0 Å². The molecule has 114 valence electrons. The zero-order chi connectivity index (χ0) is 15.4. The third kappa shape index (κ3) is 3.77. The van der Waals surface area contributed by atoms with Crippen LogP contribution in [0, 0.1) is 0 Å². The number of ether oxygens (including phenoxy) is 2. The summed E-state index contributed by atoms with van der Waals surface area (Å²) in [6.07, 6.45) is 4.56. The van der Waals surface area contributed by atoms with Crippen LogP contribution in [0.2, 0.25) is 0 Å². The third-order valence-electron chi connectivity index (χ3n) is 3.33. The average Bonchev–Trinajstić information content (AvgIpc) is 2.90. The minimum Gasteiger partial charge on any atom is -0.493 e. The van der Waals surface area contributed by atoms with E-state index in [0.717, 1.165) is 22.0 Å². The van der Waals surface area contributed by atoms with Crippen molar-refractivity contribution >= 4 is 15.9 Å². The molecule has 0 amide bonds. The van der Waals surface area contributed by atoms with Crippen LogP contribution in [0.1, 0.15) is 23.7 Å². The predicted molar refractivity (Wildman–Crippen MR) is 83.7 cm³/mol. The normalized spacial score (nSPS) is 12.2. The summed E-state index contributed by atoms with van der Waals surface area (Å²) in [5.41, 5.74) is 1.89. The van der Waals surface area contributed by atoms with E-state index in [4.69, 9.17) is 9.47 Å². The Morgan fingerprint density at radius 3 is 2.52 bits per heavy atom. The van der Waals surface area contributed by atoms with Crippen molar-refractivity contribution in [2.75, 3.05) is 14.2 Å². The summed E-state index contributed by atoms with van der Waals surface area (Å²) in [5.74, 6) is 1.24. The highest BCUT2D eigenvalue weighted by molar-refractivity contribution is 9.10. The molecule has 1 heterocycles. The summed E-state index contributed by atoms with van der Waals surface area (Å²) in [4.78, 5) is 0. The van der Waals surface area contributed by atoms with Gasteiger partial charge in [-0.3, -0.25) is 4.68 Å². The molecule has 5 nitrogen and oxygen atoms in total. The Hall–Kier alpha value is -1.53. The molecule has 1 atom stereocenters. The number of halogens is 1. The highest BCUT2D eigenvalue weighted by Gasteiger charge is 2.16. The van der Waals surface area contributed by atoms with Crippen molar-refractivity contribution in [2.24, 2.45) is 7.05 Å². The first-order chi connectivity index (χ1) is 10.0. The summed E-state index contributed by atoms with van der Waals surface area (Å²) >= 11 is 3.47. The van der Waals surface area contributed by atoms with Crippen LogP contribution in [0.15, 0.2) is 29.0 Å². The number of aliphatic hydroxyl groups excluding tert-OH is 1. The van der Waals surface area contributed by atoms with Crippen LogP contribution in [0.3, 0.4) is 0 Å². The number of benzene rings is 1. The minimum atomic E-state index is -0.584. The van der Waals surface area contributed by atoms with Gasteiger partial charge >= 0.3 is 0 Å². The fourth-order valence-electron chi connectivity index (χ4n) is 2.19. The van der Waals surface area contributed by atoms with Crippen LogP contribution in [-0.2, 0) is 13.5 Å². The lowest BCUT2D eigenvalue weighted by atomic mass is 10.0. The van der Waals surface area contributed by atoms with Gasteiger partial charge in [0, 0.05) is 17.7 Å². The summed E-state index contributed by atoms with van der Waals surface area (Å²) in [5, 5.41) is 14.5. The molecule has 6 heteroatoms. The Labute approximate surface area is 132 Å². The Morgan fingerprint density at radius 2 is 1.95 bits per heavy atom. The standard InChI is InChI=1S/C15H19BrN2O3/c1-18-9-10(8-17-18)4-5-13(19)11-6-14(20-2)15(21-3)7-12(11)16/h6-9,13,19H,4-5H2,1-3H3. The molecule has 0 fully saturated rings.